The van der Waals surface area contributed by atoms with Gasteiger partial charge in [0, 0.05) is 0 Å². The Kier molecular flexibility index (Phi) is 4.60. The molecule has 0 aliphatic carbocycles. The summed E-state index contributed by atoms with van der Waals surface area (Å²) in [5.74, 6) is 5.61. The quantitative estimate of drug-likeness (QED) is 0.582. The van der Waals surface area contributed by atoms with Crippen molar-refractivity contribution in [3.63, 3.8) is 0 Å². The SMILES string of the molecule is CC(C)(C#CCO)O[Si](C)(C)C(C)(C)C. The molecule has 0 aromatic rings. The fraction of sp³-hybridized carbons (Fsp3) is 0.833. The van der Waals surface area contributed by atoms with Crippen LogP contribution in [0.1, 0.15) is 34.6 Å². The van der Waals surface area contributed by atoms with E-state index in [0.29, 0.717) is 0 Å². The lowest BCUT2D eigenvalue weighted by Crippen LogP contribution is -2.47. The molecule has 0 heterocycles. The lowest BCUT2D eigenvalue weighted by atomic mass is 10.1. The molecule has 0 amide bonds. The van der Waals surface area contributed by atoms with E-state index in [2.05, 4.69) is 45.7 Å². The standard InChI is InChI=1S/C12H24O2Si/c1-11(2,3)15(6,7)14-12(4,5)9-8-10-13/h13H,10H2,1-7H3. The van der Waals surface area contributed by atoms with Gasteiger partial charge in [0.05, 0.1) is 0 Å². The van der Waals surface area contributed by atoms with Crippen LogP contribution >= 0.6 is 0 Å². The summed E-state index contributed by atoms with van der Waals surface area (Å²) in [5.41, 5.74) is -0.467. The zero-order valence-corrected chi connectivity index (χ0v) is 12.1. The Morgan fingerprint density at radius 2 is 1.60 bits per heavy atom. The second kappa shape index (κ2) is 4.69. The minimum atomic E-state index is -1.77. The lowest BCUT2D eigenvalue weighted by molar-refractivity contribution is 0.151. The third kappa shape index (κ3) is 4.83. The fourth-order valence-electron chi connectivity index (χ4n) is 1.07. The molecule has 2 nitrogen and oxygen atoms in total. The molecule has 0 rings (SSSR count). The molecule has 88 valence electrons. The molecule has 0 unspecified atom stereocenters. The zero-order valence-electron chi connectivity index (χ0n) is 11.1. The lowest BCUT2D eigenvalue weighted by Gasteiger charge is -2.40. The monoisotopic (exact) mass is 228 g/mol. The van der Waals surface area contributed by atoms with Crippen molar-refractivity contribution >= 4 is 8.32 Å². The van der Waals surface area contributed by atoms with Crippen LogP contribution in [0.5, 0.6) is 0 Å². The minimum absolute atomic E-state index is 0.107. The highest BCUT2D eigenvalue weighted by Crippen LogP contribution is 2.38. The first kappa shape index (κ1) is 14.7. The molecule has 0 fully saturated rings. The van der Waals surface area contributed by atoms with Crippen molar-refractivity contribution in [3.8, 4) is 11.8 Å². The molecule has 0 saturated carbocycles. The van der Waals surface area contributed by atoms with Gasteiger partial charge in [-0.05, 0) is 32.0 Å². The largest absolute Gasteiger partial charge is 0.401 e. The first-order valence-corrected chi connectivity index (χ1v) is 8.24. The summed E-state index contributed by atoms with van der Waals surface area (Å²) in [6.45, 7) is 14.8. The van der Waals surface area contributed by atoms with Gasteiger partial charge in [-0.1, -0.05) is 32.6 Å². The minimum Gasteiger partial charge on any atom is -0.401 e. The fourth-order valence-corrected chi connectivity index (χ4v) is 2.70. The van der Waals surface area contributed by atoms with Gasteiger partial charge < -0.3 is 9.53 Å². The summed E-state index contributed by atoms with van der Waals surface area (Å²) >= 11 is 0. The Balaban J connectivity index is 4.72. The molecule has 15 heavy (non-hydrogen) atoms. The van der Waals surface area contributed by atoms with E-state index in [9.17, 15) is 0 Å². The van der Waals surface area contributed by atoms with Crippen molar-refractivity contribution in [1.29, 1.82) is 0 Å². The third-order valence-electron chi connectivity index (χ3n) is 2.78. The highest BCUT2D eigenvalue weighted by atomic mass is 28.4. The summed E-state index contributed by atoms with van der Waals surface area (Å²) in [7, 11) is -1.77. The van der Waals surface area contributed by atoms with E-state index >= 15 is 0 Å². The molecule has 0 bridgehead atoms. The molecular weight excluding hydrogens is 204 g/mol. The average molecular weight is 228 g/mol. The second-order valence-electron chi connectivity index (χ2n) is 5.83. The smallest absolute Gasteiger partial charge is 0.194 e. The Morgan fingerprint density at radius 3 is 1.93 bits per heavy atom. The summed E-state index contributed by atoms with van der Waals surface area (Å²) in [6.07, 6.45) is 0. The molecule has 3 heteroatoms. The van der Waals surface area contributed by atoms with Gasteiger partial charge in [0.2, 0.25) is 0 Å². The predicted octanol–water partition coefficient (Wildman–Crippen LogP) is 2.78. The number of hydrogen-bond donors (Lipinski definition) is 1. The molecule has 0 aromatic carbocycles. The van der Waals surface area contributed by atoms with Crippen molar-refractivity contribution in [3.05, 3.63) is 0 Å². The molecule has 0 aliphatic rings. The van der Waals surface area contributed by atoms with Gasteiger partial charge in [-0.25, -0.2) is 0 Å². The normalized spacial score (nSPS) is 13.3. The first-order chi connectivity index (χ1) is 6.52. The van der Waals surface area contributed by atoms with Gasteiger partial charge >= 0.3 is 0 Å². The van der Waals surface area contributed by atoms with Crippen molar-refractivity contribution < 1.29 is 9.53 Å². The molecule has 0 aromatic heterocycles. The van der Waals surface area contributed by atoms with E-state index in [0.717, 1.165) is 0 Å². The van der Waals surface area contributed by atoms with Gasteiger partial charge in [-0.2, -0.15) is 0 Å². The van der Waals surface area contributed by atoms with Crippen LogP contribution in [0, 0.1) is 11.8 Å². The molecular formula is C12H24O2Si. The van der Waals surface area contributed by atoms with Crippen molar-refractivity contribution in [1.82, 2.24) is 0 Å². The maximum atomic E-state index is 8.67. The van der Waals surface area contributed by atoms with Crippen LogP contribution in [0.3, 0.4) is 0 Å². The number of aliphatic hydroxyl groups is 1. The van der Waals surface area contributed by atoms with Gasteiger partial charge in [-0.15, -0.1) is 0 Å². The van der Waals surface area contributed by atoms with Crippen LogP contribution < -0.4 is 0 Å². The van der Waals surface area contributed by atoms with Crippen LogP contribution in [-0.4, -0.2) is 25.6 Å². The molecule has 0 atom stereocenters. The van der Waals surface area contributed by atoms with E-state index in [1.165, 1.54) is 0 Å². The van der Waals surface area contributed by atoms with Crippen molar-refractivity contribution in [2.24, 2.45) is 0 Å². The number of rotatable bonds is 2. The van der Waals surface area contributed by atoms with Crippen molar-refractivity contribution in [2.45, 2.75) is 58.4 Å². The molecule has 0 spiro atoms. The van der Waals surface area contributed by atoms with Gasteiger partial charge in [0.1, 0.15) is 12.2 Å². The Morgan fingerprint density at radius 1 is 1.13 bits per heavy atom. The molecule has 0 radical (unpaired) electrons. The van der Waals surface area contributed by atoms with E-state index in [-0.39, 0.29) is 11.6 Å². The van der Waals surface area contributed by atoms with Gasteiger partial charge in [0.25, 0.3) is 0 Å². The maximum Gasteiger partial charge on any atom is 0.194 e. The van der Waals surface area contributed by atoms with Crippen LogP contribution in [0.4, 0.5) is 0 Å². The summed E-state index contributed by atoms with van der Waals surface area (Å²) in [6, 6.07) is 0. The molecule has 0 saturated heterocycles. The maximum absolute atomic E-state index is 8.67. The van der Waals surface area contributed by atoms with Crippen LogP contribution in [0.2, 0.25) is 18.1 Å². The molecule has 0 aliphatic heterocycles. The van der Waals surface area contributed by atoms with Crippen LogP contribution in [0.25, 0.3) is 0 Å². The Bertz CT molecular complexity index is 264. The Hall–Kier alpha value is -0.303. The van der Waals surface area contributed by atoms with Crippen molar-refractivity contribution in [2.75, 3.05) is 6.61 Å². The van der Waals surface area contributed by atoms with Gasteiger partial charge in [0.15, 0.2) is 8.32 Å². The van der Waals surface area contributed by atoms with Crippen LogP contribution in [-0.2, 0) is 4.43 Å². The summed E-state index contributed by atoms with van der Waals surface area (Å²) in [5, 5.41) is 8.86. The van der Waals surface area contributed by atoms with E-state index in [1.807, 2.05) is 13.8 Å². The second-order valence-corrected chi connectivity index (χ2v) is 10.6. The third-order valence-corrected chi connectivity index (χ3v) is 7.42. The summed E-state index contributed by atoms with van der Waals surface area (Å²) in [4.78, 5) is 0. The first-order valence-electron chi connectivity index (χ1n) is 5.33. The highest BCUT2D eigenvalue weighted by Gasteiger charge is 2.40. The number of aliphatic hydroxyl groups excluding tert-OH is 1. The topological polar surface area (TPSA) is 29.5 Å². The number of hydrogen-bond acceptors (Lipinski definition) is 2. The average Bonchev–Trinajstić information content (AvgIpc) is 1.96. The zero-order chi connectivity index (χ0) is 12.3. The van der Waals surface area contributed by atoms with Gasteiger partial charge in [-0.3, -0.25) is 0 Å². The predicted molar refractivity (Wildman–Crippen MR) is 67.2 cm³/mol. The van der Waals surface area contributed by atoms with E-state index in [4.69, 9.17) is 9.53 Å². The van der Waals surface area contributed by atoms with E-state index < -0.39 is 13.9 Å². The Labute approximate surface area is 95.2 Å². The summed E-state index contributed by atoms with van der Waals surface area (Å²) < 4.78 is 6.15. The van der Waals surface area contributed by atoms with Crippen LogP contribution in [0.15, 0.2) is 0 Å². The van der Waals surface area contributed by atoms with E-state index in [1.54, 1.807) is 0 Å². The molecule has 1 N–H and O–H groups in total. The highest BCUT2D eigenvalue weighted by molar-refractivity contribution is 6.74.